The number of nitrogens with zero attached hydrogens (tertiary/aromatic N) is 3. The summed E-state index contributed by atoms with van der Waals surface area (Å²) in [7, 11) is -1.84. The lowest BCUT2D eigenvalue weighted by Gasteiger charge is -2.38. The summed E-state index contributed by atoms with van der Waals surface area (Å²) >= 11 is 6.02. The first-order chi connectivity index (χ1) is 9.90. The Labute approximate surface area is 129 Å². The SMILES string of the molecule is CN1CCN(S(=O)(=O)c2cc(C#N)ccc2Cl)C(CN)C1. The lowest BCUT2D eigenvalue weighted by Crippen LogP contribution is -2.56. The van der Waals surface area contributed by atoms with E-state index in [4.69, 9.17) is 22.6 Å². The van der Waals surface area contributed by atoms with Gasteiger partial charge in [-0.05, 0) is 25.2 Å². The molecular formula is C13H17ClN4O2S. The minimum absolute atomic E-state index is 0.0359. The van der Waals surface area contributed by atoms with Crippen LogP contribution in [-0.4, -0.2) is 56.9 Å². The van der Waals surface area contributed by atoms with Crippen LogP contribution < -0.4 is 5.73 Å². The Morgan fingerprint density at radius 3 is 2.81 bits per heavy atom. The van der Waals surface area contributed by atoms with Gasteiger partial charge in [-0.2, -0.15) is 9.57 Å². The first kappa shape index (κ1) is 16.2. The molecule has 1 unspecified atom stereocenters. The third-order valence-electron chi connectivity index (χ3n) is 3.55. The molecule has 0 spiro atoms. The van der Waals surface area contributed by atoms with E-state index in [9.17, 15) is 8.42 Å². The van der Waals surface area contributed by atoms with Gasteiger partial charge in [-0.1, -0.05) is 11.6 Å². The maximum absolute atomic E-state index is 12.8. The van der Waals surface area contributed by atoms with E-state index in [-0.39, 0.29) is 28.1 Å². The number of hydrogen-bond acceptors (Lipinski definition) is 5. The summed E-state index contributed by atoms with van der Waals surface area (Å²) in [6, 6.07) is 5.86. The quantitative estimate of drug-likeness (QED) is 0.871. The third-order valence-corrected chi connectivity index (χ3v) is 5.98. The minimum atomic E-state index is -3.77. The molecule has 1 saturated heterocycles. The van der Waals surface area contributed by atoms with Crippen molar-refractivity contribution in [3.05, 3.63) is 28.8 Å². The Kier molecular flexibility index (Phi) is 4.86. The number of sulfonamides is 1. The molecular weight excluding hydrogens is 312 g/mol. The molecule has 0 radical (unpaired) electrons. The van der Waals surface area contributed by atoms with Crippen molar-refractivity contribution >= 4 is 21.6 Å². The molecule has 1 aromatic rings. The molecule has 114 valence electrons. The molecule has 2 rings (SSSR count). The number of nitriles is 1. The molecule has 2 N–H and O–H groups in total. The highest BCUT2D eigenvalue weighted by molar-refractivity contribution is 7.89. The number of hydrogen-bond donors (Lipinski definition) is 1. The summed E-state index contributed by atoms with van der Waals surface area (Å²) in [5, 5.41) is 9.05. The zero-order valence-corrected chi connectivity index (χ0v) is 13.2. The summed E-state index contributed by atoms with van der Waals surface area (Å²) in [6.07, 6.45) is 0. The highest BCUT2D eigenvalue weighted by Crippen LogP contribution is 2.28. The Morgan fingerprint density at radius 2 is 2.19 bits per heavy atom. The Hall–Kier alpha value is -1.17. The van der Waals surface area contributed by atoms with Crippen LogP contribution in [0.1, 0.15) is 5.56 Å². The van der Waals surface area contributed by atoms with Crippen LogP contribution in [0.25, 0.3) is 0 Å². The monoisotopic (exact) mass is 328 g/mol. The van der Waals surface area contributed by atoms with E-state index >= 15 is 0 Å². The van der Waals surface area contributed by atoms with Crippen LogP contribution in [0.5, 0.6) is 0 Å². The molecule has 6 nitrogen and oxygen atoms in total. The zero-order chi connectivity index (χ0) is 15.6. The van der Waals surface area contributed by atoms with Crippen molar-refractivity contribution < 1.29 is 8.42 Å². The number of benzene rings is 1. The molecule has 0 amide bonds. The van der Waals surface area contributed by atoms with Crippen molar-refractivity contribution in [3.8, 4) is 6.07 Å². The summed E-state index contributed by atoms with van der Waals surface area (Å²) in [6.45, 7) is 1.80. The van der Waals surface area contributed by atoms with E-state index in [1.807, 2.05) is 18.0 Å². The predicted molar refractivity (Wildman–Crippen MR) is 80.4 cm³/mol. The van der Waals surface area contributed by atoms with E-state index in [2.05, 4.69) is 0 Å². The molecule has 1 fully saturated rings. The lowest BCUT2D eigenvalue weighted by molar-refractivity contribution is 0.164. The van der Waals surface area contributed by atoms with Gasteiger partial charge in [-0.15, -0.1) is 0 Å². The molecule has 0 aromatic heterocycles. The van der Waals surface area contributed by atoms with Gasteiger partial charge in [0.2, 0.25) is 10.0 Å². The van der Waals surface area contributed by atoms with Crippen LogP contribution >= 0.6 is 11.6 Å². The second kappa shape index (κ2) is 6.30. The van der Waals surface area contributed by atoms with Gasteiger partial charge in [0, 0.05) is 26.2 Å². The number of likely N-dealkylation sites (N-methyl/N-ethyl adjacent to an activating group) is 1. The fraction of sp³-hybridized carbons (Fsp3) is 0.462. The summed E-state index contributed by atoms with van der Waals surface area (Å²) in [5.74, 6) is 0. The number of nitrogens with two attached hydrogens (primary N) is 1. The minimum Gasteiger partial charge on any atom is -0.329 e. The maximum Gasteiger partial charge on any atom is 0.244 e. The van der Waals surface area contributed by atoms with Crippen molar-refractivity contribution in [2.45, 2.75) is 10.9 Å². The summed E-state index contributed by atoms with van der Waals surface area (Å²) in [5.41, 5.74) is 5.97. The van der Waals surface area contributed by atoms with Gasteiger partial charge in [0.25, 0.3) is 0 Å². The van der Waals surface area contributed by atoms with Crippen molar-refractivity contribution in [2.24, 2.45) is 5.73 Å². The second-order valence-electron chi connectivity index (χ2n) is 5.02. The number of rotatable bonds is 3. The van der Waals surface area contributed by atoms with Crippen LogP contribution in [0.15, 0.2) is 23.1 Å². The van der Waals surface area contributed by atoms with E-state index in [1.54, 1.807) is 0 Å². The Bertz CT molecular complexity index is 671. The van der Waals surface area contributed by atoms with E-state index in [0.29, 0.717) is 19.6 Å². The topological polar surface area (TPSA) is 90.4 Å². The van der Waals surface area contributed by atoms with Gasteiger partial charge in [0.15, 0.2) is 0 Å². The molecule has 0 saturated carbocycles. The fourth-order valence-corrected chi connectivity index (χ4v) is 4.52. The molecule has 0 aliphatic carbocycles. The highest BCUT2D eigenvalue weighted by atomic mass is 35.5. The van der Waals surface area contributed by atoms with Gasteiger partial charge >= 0.3 is 0 Å². The Balaban J connectivity index is 2.44. The molecule has 1 heterocycles. The van der Waals surface area contributed by atoms with Crippen molar-refractivity contribution in [3.63, 3.8) is 0 Å². The number of halogens is 1. The molecule has 1 aromatic carbocycles. The molecule has 8 heteroatoms. The van der Waals surface area contributed by atoms with Gasteiger partial charge in [-0.3, -0.25) is 0 Å². The lowest BCUT2D eigenvalue weighted by atomic mass is 10.2. The van der Waals surface area contributed by atoms with Gasteiger partial charge in [0.1, 0.15) is 4.90 Å². The van der Waals surface area contributed by atoms with Gasteiger partial charge in [0.05, 0.1) is 22.7 Å². The largest absolute Gasteiger partial charge is 0.329 e. The smallest absolute Gasteiger partial charge is 0.244 e. The van der Waals surface area contributed by atoms with Crippen molar-refractivity contribution in [1.29, 1.82) is 5.26 Å². The van der Waals surface area contributed by atoms with Crippen molar-refractivity contribution in [1.82, 2.24) is 9.21 Å². The van der Waals surface area contributed by atoms with Crippen LogP contribution in [0.2, 0.25) is 5.02 Å². The Morgan fingerprint density at radius 1 is 1.48 bits per heavy atom. The van der Waals surface area contributed by atoms with Gasteiger partial charge in [-0.25, -0.2) is 8.42 Å². The third kappa shape index (κ3) is 3.20. The summed E-state index contributed by atoms with van der Waals surface area (Å²) in [4.78, 5) is 2.00. The highest BCUT2D eigenvalue weighted by Gasteiger charge is 2.35. The molecule has 0 bridgehead atoms. The van der Waals surface area contributed by atoms with Crippen molar-refractivity contribution in [2.75, 3.05) is 33.2 Å². The van der Waals surface area contributed by atoms with E-state index in [0.717, 1.165) is 0 Å². The molecule has 1 aliphatic rings. The van der Waals surface area contributed by atoms with Crippen LogP contribution in [-0.2, 0) is 10.0 Å². The summed E-state index contributed by atoms with van der Waals surface area (Å²) < 4.78 is 27.0. The maximum atomic E-state index is 12.8. The number of piperazine rings is 1. The predicted octanol–water partition coefficient (Wildman–Crippen LogP) is 0.475. The fourth-order valence-electron chi connectivity index (χ4n) is 2.40. The average molecular weight is 329 g/mol. The first-order valence-electron chi connectivity index (χ1n) is 6.50. The zero-order valence-electron chi connectivity index (χ0n) is 11.7. The average Bonchev–Trinajstić information content (AvgIpc) is 2.47. The first-order valence-corrected chi connectivity index (χ1v) is 8.32. The molecule has 1 aliphatic heterocycles. The van der Waals surface area contributed by atoms with Crippen LogP contribution in [0, 0.1) is 11.3 Å². The second-order valence-corrected chi connectivity index (χ2v) is 7.29. The van der Waals surface area contributed by atoms with E-state index in [1.165, 1.54) is 22.5 Å². The normalized spacial score (nSPS) is 21.1. The van der Waals surface area contributed by atoms with E-state index < -0.39 is 10.0 Å². The standard InChI is InChI=1S/C13H17ClN4O2S/c1-17-4-5-18(11(8-16)9-17)21(19,20)13-6-10(7-15)2-3-12(13)14/h2-3,6,11H,4-5,8-9,16H2,1H3. The van der Waals surface area contributed by atoms with Gasteiger partial charge < -0.3 is 10.6 Å². The molecule has 21 heavy (non-hydrogen) atoms. The van der Waals surface area contributed by atoms with Crippen LogP contribution in [0.4, 0.5) is 0 Å². The molecule has 1 atom stereocenters. The van der Waals surface area contributed by atoms with Crippen LogP contribution in [0.3, 0.4) is 0 Å².